The van der Waals surface area contributed by atoms with Crippen LogP contribution in [0.2, 0.25) is 5.02 Å². The Bertz CT molecular complexity index is 749. The van der Waals surface area contributed by atoms with Gasteiger partial charge in [0.25, 0.3) is 0 Å². The summed E-state index contributed by atoms with van der Waals surface area (Å²) in [4.78, 5) is 1.95. The molecule has 0 saturated carbocycles. The monoisotopic (exact) mass is 365 g/mol. The van der Waals surface area contributed by atoms with Crippen molar-refractivity contribution in [3.8, 4) is 17.0 Å². The van der Waals surface area contributed by atoms with Gasteiger partial charge in [-0.15, -0.1) is 10.2 Å². The number of aryl methyl sites for hydroxylation is 1. The van der Waals surface area contributed by atoms with E-state index in [9.17, 15) is 15.3 Å². The molecule has 2 aromatic rings. The van der Waals surface area contributed by atoms with Crippen LogP contribution in [0.15, 0.2) is 18.2 Å². The number of phenols is 1. The predicted molar refractivity (Wildman–Crippen MR) is 93.8 cm³/mol. The highest BCUT2D eigenvalue weighted by molar-refractivity contribution is 6.31. The first kappa shape index (κ1) is 17.9. The molecule has 3 N–H and O–H groups in total. The second-order valence-corrected chi connectivity index (χ2v) is 6.41. The van der Waals surface area contributed by atoms with E-state index in [0.717, 1.165) is 5.56 Å². The number of aliphatic hydroxyl groups is 2. The third kappa shape index (κ3) is 3.69. The van der Waals surface area contributed by atoms with E-state index < -0.39 is 0 Å². The third-order valence-electron chi connectivity index (χ3n) is 4.21. The fourth-order valence-corrected chi connectivity index (χ4v) is 3.24. The molecule has 1 fully saturated rings. The van der Waals surface area contributed by atoms with E-state index in [-0.39, 0.29) is 25.1 Å². The number of aromatic nitrogens is 2. The average Bonchev–Trinajstić information content (AvgIpc) is 2.61. The number of rotatable bonds is 4. The van der Waals surface area contributed by atoms with E-state index in [1.165, 1.54) is 6.07 Å². The molecule has 25 heavy (non-hydrogen) atoms. The number of aromatic hydroxyl groups is 1. The molecule has 7 nitrogen and oxygen atoms in total. The van der Waals surface area contributed by atoms with E-state index in [4.69, 9.17) is 16.3 Å². The number of anilines is 1. The maximum absolute atomic E-state index is 10.2. The van der Waals surface area contributed by atoms with Gasteiger partial charge in [0.15, 0.2) is 5.82 Å². The van der Waals surface area contributed by atoms with Crippen LogP contribution >= 0.6 is 11.6 Å². The zero-order valence-electron chi connectivity index (χ0n) is 13.8. The normalized spacial score (nSPS) is 17.8. The van der Waals surface area contributed by atoms with Crippen LogP contribution in [-0.4, -0.2) is 57.9 Å². The van der Waals surface area contributed by atoms with Crippen LogP contribution in [0.1, 0.15) is 11.1 Å². The van der Waals surface area contributed by atoms with Crippen LogP contribution in [0.25, 0.3) is 11.3 Å². The highest BCUT2D eigenvalue weighted by atomic mass is 35.5. The Labute approximate surface area is 150 Å². The Morgan fingerprint density at radius 3 is 2.76 bits per heavy atom. The van der Waals surface area contributed by atoms with Gasteiger partial charge in [-0.1, -0.05) is 11.6 Å². The maximum Gasteiger partial charge on any atom is 0.151 e. The Balaban J connectivity index is 1.98. The fraction of sp³-hybridized carbons (Fsp3) is 0.412. The van der Waals surface area contributed by atoms with Crippen LogP contribution < -0.4 is 4.90 Å². The van der Waals surface area contributed by atoms with Crippen LogP contribution in [0.3, 0.4) is 0 Å². The van der Waals surface area contributed by atoms with Crippen molar-refractivity contribution in [1.29, 1.82) is 0 Å². The maximum atomic E-state index is 10.2. The Morgan fingerprint density at radius 2 is 2.08 bits per heavy atom. The Kier molecular flexibility index (Phi) is 5.39. The Hall–Kier alpha value is -1.93. The molecule has 0 amide bonds. The minimum absolute atomic E-state index is 0.00605. The predicted octanol–water partition coefficient (Wildman–Crippen LogP) is 1.50. The molecule has 0 spiro atoms. The van der Waals surface area contributed by atoms with Crippen LogP contribution in [0.4, 0.5) is 5.82 Å². The first-order valence-electron chi connectivity index (χ1n) is 7.97. The van der Waals surface area contributed by atoms with E-state index in [0.29, 0.717) is 47.4 Å². The summed E-state index contributed by atoms with van der Waals surface area (Å²) in [5.41, 5.74) is 2.22. The molecular formula is C17H20ClN3O4. The number of aliphatic hydroxyl groups excluding tert-OH is 2. The summed E-state index contributed by atoms with van der Waals surface area (Å²) < 4.78 is 5.44. The van der Waals surface area contributed by atoms with Gasteiger partial charge in [0.05, 0.1) is 25.9 Å². The van der Waals surface area contributed by atoms with E-state index >= 15 is 0 Å². The SMILES string of the molecule is Cc1cc(Cl)cc(O)c1-c1nnc(N2CCO[C@H](CO)C2)cc1CO. The molecule has 1 atom stereocenters. The number of halogens is 1. The minimum atomic E-state index is -0.268. The van der Waals surface area contributed by atoms with Gasteiger partial charge in [-0.3, -0.25) is 0 Å². The van der Waals surface area contributed by atoms with Gasteiger partial charge in [0, 0.05) is 29.2 Å². The molecule has 1 aromatic heterocycles. The highest BCUT2D eigenvalue weighted by Crippen LogP contribution is 2.36. The van der Waals surface area contributed by atoms with Gasteiger partial charge in [0.1, 0.15) is 11.4 Å². The first-order chi connectivity index (χ1) is 12.0. The molecule has 1 aliphatic rings. The van der Waals surface area contributed by atoms with E-state index in [2.05, 4.69) is 10.2 Å². The van der Waals surface area contributed by atoms with Crippen molar-refractivity contribution < 1.29 is 20.1 Å². The lowest BCUT2D eigenvalue weighted by molar-refractivity contribution is 0.00331. The van der Waals surface area contributed by atoms with Crippen LogP contribution in [0, 0.1) is 6.92 Å². The van der Waals surface area contributed by atoms with Crippen LogP contribution in [0.5, 0.6) is 5.75 Å². The Morgan fingerprint density at radius 1 is 1.28 bits per heavy atom. The largest absolute Gasteiger partial charge is 0.507 e. The molecule has 2 heterocycles. The van der Waals surface area contributed by atoms with Gasteiger partial charge in [-0.2, -0.15) is 0 Å². The number of nitrogens with zero attached hydrogens (tertiary/aromatic N) is 3. The lowest BCUT2D eigenvalue weighted by atomic mass is 10.0. The molecule has 0 unspecified atom stereocenters. The highest BCUT2D eigenvalue weighted by Gasteiger charge is 2.23. The van der Waals surface area contributed by atoms with Crippen molar-refractivity contribution in [2.24, 2.45) is 0 Å². The number of benzene rings is 1. The van der Waals surface area contributed by atoms with Crippen molar-refractivity contribution in [1.82, 2.24) is 10.2 Å². The second-order valence-electron chi connectivity index (χ2n) is 5.97. The molecule has 1 saturated heterocycles. The summed E-state index contributed by atoms with van der Waals surface area (Å²) in [5, 5.41) is 38.2. The van der Waals surface area contributed by atoms with Crippen LogP contribution in [-0.2, 0) is 11.3 Å². The van der Waals surface area contributed by atoms with Crippen molar-refractivity contribution >= 4 is 17.4 Å². The van der Waals surface area contributed by atoms with E-state index in [1.807, 2.05) is 11.8 Å². The van der Waals surface area contributed by atoms with Gasteiger partial charge < -0.3 is 25.0 Å². The molecule has 0 radical (unpaired) electrons. The zero-order chi connectivity index (χ0) is 18.0. The molecule has 0 aliphatic carbocycles. The van der Waals surface area contributed by atoms with Crippen molar-refractivity contribution in [2.45, 2.75) is 19.6 Å². The van der Waals surface area contributed by atoms with Crippen molar-refractivity contribution in [2.75, 3.05) is 31.2 Å². The molecule has 1 aromatic carbocycles. The van der Waals surface area contributed by atoms with E-state index in [1.54, 1.807) is 12.1 Å². The van der Waals surface area contributed by atoms with Gasteiger partial charge >= 0.3 is 0 Å². The summed E-state index contributed by atoms with van der Waals surface area (Å²) in [7, 11) is 0. The summed E-state index contributed by atoms with van der Waals surface area (Å²) in [6.45, 7) is 3.12. The average molecular weight is 366 g/mol. The molecule has 3 rings (SSSR count). The smallest absolute Gasteiger partial charge is 0.151 e. The second kappa shape index (κ2) is 7.53. The van der Waals surface area contributed by atoms with Crippen molar-refractivity contribution in [3.05, 3.63) is 34.3 Å². The summed E-state index contributed by atoms with van der Waals surface area (Å²) in [5.74, 6) is 0.592. The standard InChI is InChI=1S/C17H20ClN3O4/c1-10-4-12(18)6-14(24)16(10)17-11(8-22)5-15(19-20-17)21-2-3-25-13(7-21)9-23/h4-6,13,22-24H,2-3,7-9H2,1H3/t13-/m0/s1. The minimum Gasteiger partial charge on any atom is -0.507 e. The molecular weight excluding hydrogens is 346 g/mol. The molecule has 1 aliphatic heterocycles. The molecule has 134 valence electrons. The molecule has 0 bridgehead atoms. The number of hydrogen-bond acceptors (Lipinski definition) is 7. The lowest BCUT2D eigenvalue weighted by Crippen LogP contribution is -2.44. The number of hydrogen-bond donors (Lipinski definition) is 3. The number of ether oxygens (including phenoxy) is 1. The lowest BCUT2D eigenvalue weighted by Gasteiger charge is -2.32. The van der Waals surface area contributed by atoms with Gasteiger partial charge in [0.2, 0.25) is 0 Å². The zero-order valence-corrected chi connectivity index (χ0v) is 14.6. The summed E-state index contributed by atoms with van der Waals surface area (Å²) in [6.07, 6.45) is -0.268. The fourth-order valence-electron chi connectivity index (χ4n) is 2.98. The van der Waals surface area contributed by atoms with Gasteiger partial charge in [-0.25, -0.2) is 0 Å². The van der Waals surface area contributed by atoms with Gasteiger partial charge in [-0.05, 0) is 30.7 Å². The number of morpholine rings is 1. The summed E-state index contributed by atoms with van der Waals surface area (Å²) >= 11 is 5.95. The topological polar surface area (TPSA) is 98.9 Å². The first-order valence-corrected chi connectivity index (χ1v) is 8.35. The number of phenolic OH excluding ortho intramolecular Hbond substituents is 1. The third-order valence-corrected chi connectivity index (χ3v) is 4.43. The quantitative estimate of drug-likeness (QED) is 0.755. The van der Waals surface area contributed by atoms with Crippen molar-refractivity contribution in [3.63, 3.8) is 0 Å². The molecule has 8 heteroatoms. The summed E-state index contributed by atoms with van der Waals surface area (Å²) in [6, 6.07) is 4.91.